The second-order valence-electron chi connectivity index (χ2n) is 19.9. The van der Waals surface area contributed by atoms with Crippen LogP contribution in [0.4, 0.5) is 11.4 Å². The molecular weight excluding hydrogens is 972 g/mol. The van der Waals surface area contributed by atoms with Gasteiger partial charge in [-0.2, -0.15) is 4.58 Å². The zero-order chi connectivity index (χ0) is 51.3. The van der Waals surface area contributed by atoms with E-state index in [0.29, 0.717) is 56.7 Å². The summed E-state index contributed by atoms with van der Waals surface area (Å²) in [5, 5.41) is 33.1. The van der Waals surface area contributed by atoms with Crippen LogP contribution in [0.2, 0.25) is 0 Å². The molecule has 1 fully saturated rings. The molecule has 3 aliphatic heterocycles. The number of ether oxygens (including phenoxy) is 2. The third kappa shape index (κ3) is 13.8. The van der Waals surface area contributed by atoms with Crippen LogP contribution in [0.25, 0.3) is 0 Å². The summed E-state index contributed by atoms with van der Waals surface area (Å²) in [4.78, 5) is 15.1. The normalized spacial score (nSPS) is 23.9. The van der Waals surface area contributed by atoms with Gasteiger partial charge in [0.05, 0.1) is 31.7 Å². The predicted molar refractivity (Wildman–Crippen MR) is 269 cm³/mol. The van der Waals surface area contributed by atoms with Crippen molar-refractivity contribution in [2.24, 2.45) is 5.73 Å². The zero-order valence-electron chi connectivity index (χ0n) is 41.8. The molecule has 384 valence electrons. The first kappa shape index (κ1) is 57.3. The van der Waals surface area contributed by atoms with Crippen LogP contribution >= 0.6 is 0 Å². The molecule has 0 spiro atoms. The van der Waals surface area contributed by atoms with Gasteiger partial charge < -0.3 is 49.8 Å². The summed E-state index contributed by atoms with van der Waals surface area (Å²) in [5.41, 5.74) is 14.0. The number of nitrogens with zero attached hydrogens (tertiary/aromatic N) is 2. The van der Waals surface area contributed by atoms with Crippen LogP contribution in [-0.2, 0) is 47.0 Å². The molecule has 5 atom stereocenters. The summed E-state index contributed by atoms with van der Waals surface area (Å²) < 4.78 is 83.1. The van der Waals surface area contributed by atoms with Gasteiger partial charge in [0.25, 0.3) is 0 Å². The van der Waals surface area contributed by atoms with Crippen LogP contribution in [0.3, 0.4) is 0 Å². The SMILES string of the molecule is CC1(C)C(/C=C/C2=C(Oc3ccc(CCC(=O)NC[C@H]4O[C@@H](O)[C@H](N)[C@@H](O)[C@@H]4O)cc3)C(=C/C=C3/N(CCCCS(=O)(=O)[O-])c4ccccc4C3(C)C)/CCC2)=[N+](CCCCS(=O)(=O)[O-])c2ccccc21.[Na+]. The summed E-state index contributed by atoms with van der Waals surface area (Å²) in [5.74, 6) is 0.127. The van der Waals surface area contributed by atoms with E-state index in [2.05, 4.69) is 91.1 Å². The number of nitrogens with one attached hydrogen (secondary N) is 1. The van der Waals surface area contributed by atoms with Gasteiger partial charge in [0.1, 0.15) is 36.4 Å². The van der Waals surface area contributed by atoms with Crippen LogP contribution in [-0.4, -0.2) is 119 Å². The van der Waals surface area contributed by atoms with Gasteiger partial charge in [-0.1, -0.05) is 68.5 Å². The molecule has 0 bridgehead atoms. The summed E-state index contributed by atoms with van der Waals surface area (Å²) >= 11 is 0. The van der Waals surface area contributed by atoms with Crippen LogP contribution in [0.1, 0.15) is 95.8 Å². The standard InChI is InChI=1S/C53H68N4O12S2.Na/c1-52(2)39-16-5-7-18-41(39)56(30-9-11-32-70(62,63)64)44(52)27-23-36-14-13-15-37(24-28-45-53(3,4)40-17-6-8-19-42(40)57(45)31-10-12-33-71(65,66)67)50(36)68-38-25-20-35(21-26-38)22-29-46(58)55-34-43-48(59)49(60)47(54)51(61)69-43;/h5-8,16-21,23-28,43,47-49,51,59-61H,9-15,22,29-34,54H2,1-4H3,(H2-,55,58,62,63,64,65,66,67);/q;+1/p-1/t43-,47-,48-,49-,51-;/m1./s1. The third-order valence-corrected chi connectivity index (χ3v) is 15.6. The van der Waals surface area contributed by atoms with Crippen molar-refractivity contribution in [3.8, 4) is 5.75 Å². The molecule has 0 radical (unpaired) electrons. The van der Waals surface area contributed by atoms with Crippen molar-refractivity contribution >= 4 is 43.2 Å². The number of rotatable bonds is 20. The maximum absolute atomic E-state index is 12.8. The van der Waals surface area contributed by atoms with Crippen molar-refractivity contribution in [1.82, 2.24) is 5.32 Å². The van der Waals surface area contributed by atoms with Gasteiger partial charge in [-0.05, 0) is 111 Å². The van der Waals surface area contributed by atoms with Gasteiger partial charge in [0.15, 0.2) is 12.0 Å². The second-order valence-corrected chi connectivity index (χ2v) is 22.9. The van der Waals surface area contributed by atoms with E-state index < -0.39 is 73.2 Å². The molecule has 4 aliphatic rings. The van der Waals surface area contributed by atoms with Crippen LogP contribution < -0.4 is 50.2 Å². The van der Waals surface area contributed by atoms with E-state index in [9.17, 15) is 46.1 Å². The minimum absolute atomic E-state index is 0. The maximum Gasteiger partial charge on any atom is 1.00 e. The average Bonchev–Trinajstić information content (AvgIpc) is 3.67. The molecule has 3 aromatic carbocycles. The van der Waals surface area contributed by atoms with Crippen LogP contribution in [0, 0.1) is 0 Å². The number of amides is 1. The van der Waals surface area contributed by atoms with E-state index in [1.165, 1.54) is 0 Å². The van der Waals surface area contributed by atoms with Crippen molar-refractivity contribution in [3.63, 3.8) is 0 Å². The smallest absolute Gasteiger partial charge is 0.748 e. The molecule has 0 unspecified atom stereocenters. The number of carbonyl (C=O) groups excluding carboxylic acids is 1. The molecular formula is C53H67N4NaO12S2. The Kier molecular flexibility index (Phi) is 19.2. The fourth-order valence-electron chi connectivity index (χ4n) is 10.1. The number of aliphatic hydroxyl groups excluding tert-OH is 3. The topological polar surface area (TPSA) is 255 Å². The number of unbranched alkanes of at least 4 members (excludes halogenated alkanes) is 2. The minimum atomic E-state index is -4.34. The molecule has 3 heterocycles. The molecule has 3 aromatic rings. The van der Waals surface area contributed by atoms with Crippen molar-refractivity contribution in [3.05, 3.63) is 136 Å². The number of hydrogen-bond donors (Lipinski definition) is 5. The molecule has 1 aliphatic carbocycles. The number of carbonyl (C=O) groups is 1. The average molecular weight is 1040 g/mol. The number of allylic oxidation sites excluding steroid dienone is 7. The van der Waals surface area contributed by atoms with Crippen LogP contribution in [0.5, 0.6) is 5.75 Å². The van der Waals surface area contributed by atoms with E-state index in [0.717, 1.165) is 57.0 Å². The quantitative estimate of drug-likeness (QED) is 0.0471. The zero-order valence-corrected chi connectivity index (χ0v) is 45.5. The molecule has 72 heavy (non-hydrogen) atoms. The Morgan fingerprint density at radius 2 is 1.50 bits per heavy atom. The van der Waals surface area contributed by atoms with E-state index in [4.69, 9.17) is 15.2 Å². The van der Waals surface area contributed by atoms with Gasteiger partial charge in [-0.25, -0.2) is 16.8 Å². The second kappa shape index (κ2) is 24.1. The van der Waals surface area contributed by atoms with Crippen molar-refractivity contribution < 1.29 is 89.7 Å². The van der Waals surface area contributed by atoms with Gasteiger partial charge in [0.2, 0.25) is 11.6 Å². The summed E-state index contributed by atoms with van der Waals surface area (Å²) in [6, 6.07) is 22.7. The monoisotopic (exact) mass is 1040 g/mol. The van der Waals surface area contributed by atoms with Crippen molar-refractivity contribution in [2.45, 2.75) is 127 Å². The molecule has 16 nitrogen and oxygen atoms in total. The Balaban J connectivity index is 0.00000847. The number of hydrogen-bond acceptors (Lipinski definition) is 14. The maximum atomic E-state index is 12.8. The number of nitrogens with two attached hydrogens (primary N) is 1. The van der Waals surface area contributed by atoms with E-state index in [1.807, 2.05) is 48.5 Å². The molecule has 1 amide bonds. The number of anilines is 1. The Morgan fingerprint density at radius 1 is 0.847 bits per heavy atom. The first-order valence-electron chi connectivity index (χ1n) is 24.4. The summed E-state index contributed by atoms with van der Waals surface area (Å²) in [7, 11) is -8.68. The first-order chi connectivity index (χ1) is 33.5. The third-order valence-electron chi connectivity index (χ3n) is 14.1. The number of fused-ring (bicyclic) bond motifs is 2. The van der Waals surface area contributed by atoms with Crippen molar-refractivity contribution in [2.75, 3.05) is 36.0 Å². The van der Waals surface area contributed by atoms with Gasteiger partial charge in [0, 0.05) is 71.9 Å². The van der Waals surface area contributed by atoms with Gasteiger partial charge >= 0.3 is 29.6 Å². The van der Waals surface area contributed by atoms with Crippen LogP contribution in [0.15, 0.2) is 120 Å². The Labute approximate surface area is 446 Å². The Hall–Kier alpha value is -4.02. The van der Waals surface area contributed by atoms with E-state index >= 15 is 0 Å². The van der Waals surface area contributed by atoms with E-state index in [1.54, 1.807) is 0 Å². The number of benzene rings is 3. The number of aliphatic hydroxyl groups is 3. The van der Waals surface area contributed by atoms with Gasteiger partial charge in [-0.3, -0.25) is 4.79 Å². The Bertz CT molecular complexity index is 2830. The molecule has 6 N–H and O–H groups in total. The minimum Gasteiger partial charge on any atom is -0.748 e. The number of para-hydroxylation sites is 2. The fraction of sp³-hybridized carbons (Fsp3) is 0.472. The molecule has 0 saturated carbocycles. The predicted octanol–water partition coefficient (Wildman–Crippen LogP) is 2.21. The molecule has 19 heteroatoms. The number of aryl methyl sites for hydroxylation is 1. The summed E-state index contributed by atoms with van der Waals surface area (Å²) in [6.45, 7) is 9.58. The Morgan fingerprint density at radius 3 is 2.19 bits per heavy atom. The molecule has 1 saturated heterocycles. The molecule has 0 aromatic heterocycles. The molecule has 7 rings (SSSR count). The fourth-order valence-corrected chi connectivity index (χ4v) is 11.2. The van der Waals surface area contributed by atoms with Crippen molar-refractivity contribution in [1.29, 1.82) is 0 Å². The summed E-state index contributed by atoms with van der Waals surface area (Å²) in [6.07, 6.45) is 7.46. The van der Waals surface area contributed by atoms with Gasteiger partial charge in [-0.15, -0.1) is 0 Å². The van der Waals surface area contributed by atoms with E-state index in [-0.39, 0.29) is 61.3 Å². The first-order valence-corrected chi connectivity index (χ1v) is 27.5. The largest absolute Gasteiger partial charge is 1.00 e.